The van der Waals surface area contributed by atoms with Crippen LogP contribution in [-0.2, 0) is 16.2 Å². The van der Waals surface area contributed by atoms with Crippen LogP contribution in [0.1, 0.15) is 11.3 Å². The van der Waals surface area contributed by atoms with E-state index in [1.165, 1.54) is 7.11 Å². The molecule has 0 aliphatic heterocycles. The van der Waals surface area contributed by atoms with Gasteiger partial charge in [-0.2, -0.15) is 5.10 Å². The first-order chi connectivity index (χ1) is 11.7. The van der Waals surface area contributed by atoms with Gasteiger partial charge in [0.25, 0.3) is 0 Å². The fraction of sp³-hybridized carbons (Fsp3) is 0.188. The summed E-state index contributed by atoms with van der Waals surface area (Å²) in [7, 11) is 3.04. The Kier molecular flexibility index (Phi) is 4.99. The molecule has 3 rings (SSSR count). The molecule has 0 aliphatic rings. The molecular formula is C16H14Cl2N4O2. The normalized spacial score (nSPS) is 11.9. The van der Waals surface area contributed by atoms with Gasteiger partial charge in [-0.3, -0.25) is 4.98 Å². The van der Waals surface area contributed by atoms with Gasteiger partial charge in [-0.1, -0.05) is 28.4 Å². The highest BCUT2D eigenvalue weighted by atomic mass is 35.5. The van der Waals surface area contributed by atoms with E-state index in [4.69, 9.17) is 32.8 Å². The van der Waals surface area contributed by atoms with Gasteiger partial charge in [0.1, 0.15) is 7.11 Å². The number of hydrogen-bond donors (Lipinski definition) is 0. The molecule has 0 fully saturated rings. The zero-order valence-corrected chi connectivity index (χ0v) is 14.5. The van der Waals surface area contributed by atoms with Crippen molar-refractivity contribution in [3.63, 3.8) is 0 Å². The molecule has 8 heteroatoms. The number of pyridine rings is 1. The Morgan fingerprint density at radius 2 is 2.12 bits per heavy atom. The molecule has 0 N–H and O–H groups in total. The van der Waals surface area contributed by atoms with Crippen molar-refractivity contribution in [2.45, 2.75) is 6.61 Å². The molecule has 2 heterocycles. The Hall–Kier alpha value is -2.15. The number of fused-ring (bicyclic) bond motifs is 1. The minimum atomic E-state index is 0.206. The predicted octanol–water partition coefficient (Wildman–Crippen LogP) is 3.77. The molecule has 0 unspecified atom stereocenters. The van der Waals surface area contributed by atoms with E-state index in [1.807, 2.05) is 18.2 Å². The Balaban J connectivity index is 2.21. The number of halogens is 2. The smallest absolute Gasteiger partial charge is 0.179 e. The minimum Gasteiger partial charge on any atom is -0.398 e. The molecule has 1 aromatic carbocycles. The van der Waals surface area contributed by atoms with E-state index < -0.39 is 0 Å². The summed E-state index contributed by atoms with van der Waals surface area (Å²) in [4.78, 5) is 9.09. The number of benzene rings is 1. The molecule has 0 saturated carbocycles. The van der Waals surface area contributed by atoms with Crippen molar-refractivity contribution in [1.82, 2.24) is 14.8 Å². The second-order valence-corrected chi connectivity index (χ2v) is 5.70. The average Bonchev–Trinajstić information content (AvgIpc) is 2.98. The summed E-state index contributed by atoms with van der Waals surface area (Å²) >= 11 is 12.2. The van der Waals surface area contributed by atoms with Crippen molar-refractivity contribution in [2.75, 3.05) is 14.2 Å². The van der Waals surface area contributed by atoms with E-state index in [0.29, 0.717) is 17.2 Å². The molecule has 2 aromatic heterocycles. The summed E-state index contributed by atoms with van der Waals surface area (Å²) in [5.74, 6) is 0. The Bertz CT molecular complexity index is 908. The van der Waals surface area contributed by atoms with Crippen molar-refractivity contribution < 1.29 is 9.57 Å². The summed E-state index contributed by atoms with van der Waals surface area (Å²) in [6.07, 6.45) is 3.33. The molecule has 0 spiro atoms. The monoisotopic (exact) mass is 364 g/mol. The van der Waals surface area contributed by atoms with Crippen LogP contribution in [0.5, 0.6) is 0 Å². The van der Waals surface area contributed by atoms with Gasteiger partial charge in [0.05, 0.1) is 35.3 Å². The molecular weight excluding hydrogens is 351 g/mol. The maximum absolute atomic E-state index is 6.17. The summed E-state index contributed by atoms with van der Waals surface area (Å²) in [5, 5.41) is 9.94. The highest BCUT2D eigenvalue weighted by molar-refractivity contribution is 6.69. The highest BCUT2D eigenvalue weighted by Crippen LogP contribution is 2.26. The van der Waals surface area contributed by atoms with Crippen molar-refractivity contribution in [1.29, 1.82) is 0 Å². The van der Waals surface area contributed by atoms with Crippen LogP contribution in [0.15, 0.2) is 41.8 Å². The minimum absolute atomic E-state index is 0.206. The lowest BCUT2D eigenvalue weighted by atomic mass is 10.2. The Morgan fingerprint density at radius 1 is 1.29 bits per heavy atom. The lowest BCUT2D eigenvalue weighted by molar-refractivity contribution is 0.179. The van der Waals surface area contributed by atoms with Crippen LogP contribution < -0.4 is 0 Å². The van der Waals surface area contributed by atoms with E-state index in [9.17, 15) is 0 Å². The van der Waals surface area contributed by atoms with E-state index in [2.05, 4.69) is 15.2 Å². The number of oxime groups is 1. The van der Waals surface area contributed by atoms with Crippen LogP contribution in [0.4, 0.5) is 0 Å². The fourth-order valence-corrected chi connectivity index (χ4v) is 2.84. The van der Waals surface area contributed by atoms with Gasteiger partial charge in [-0.15, -0.1) is 0 Å². The molecule has 0 saturated heterocycles. The summed E-state index contributed by atoms with van der Waals surface area (Å²) in [6.45, 7) is 0.308. The quantitative estimate of drug-likeness (QED) is 0.510. The number of ether oxygens (including phenoxy) is 1. The van der Waals surface area contributed by atoms with Crippen LogP contribution in [0, 0.1) is 0 Å². The fourth-order valence-electron chi connectivity index (χ4n) is 2.45. The molecule has 6 nitrogen and oxygen atoms in total. The van der Waals surface area contributed by atoms with Crippen LogP contribution in [0.2, 0.25) is 5.02 Å². The zero-order valence-electron chi connectivity index (χ0n) is 13.0. The van der Waals surface area contributed by atoms with Gasteiger partial charge in [-0.25, -0.2) is 4.68 Å². The summed E-state index contributed by atoms with van der Waals surface area (Å²) in [6, 6.07) is 7.39. The number of nitrogens with zero attached hydrogens (tertiary/aromatic N) is 4. The molecule has 124 valence electrons. The van der Waals surface area contributed by atoms with Gasteiger partial charge in [0, 0.05) is 23.7 Å². The molecule has 24 heavy (non-hydrogen) atoms. The average molecular weight is 365 g/mol. The van der Waals surface area contributed by atoms with Gasteiger partial charge < -0.3 is 9.57 Å². The first-order valence-electron chi connectivity index (χ1n) is 7.03. The van der Waals surface area contributed by atoms with E-state index >= 15 is 0 Å². The number of rotatable bonds is 5. The third-order valence-electron chi connectivity index (χ3n) is 3.45. The van der Waals surface area contributed by atoms with Crippen molar-refractivity contribution >= 4 is 39.3 Å². The molecule has 0 atom stereocenters. The number of hydrogen-bond acceptors (Lipinski definition) is 5. The van der Waals surface area contributed by atoms with Gasteiger partial charge in [0.15, 0.2) is 5.17 Å². The van der Waals surface area contributed by atoms with E-state index in [0.717, 1.165) is 22.3 Å². The standard InChI is InChI=1S/C16H14Cl2N4O2/c1-23-9-15-12(16(18)21-24-2)8-20-22(15)14-5-6-19-13-7-10(17)3-4-11(13)14/h3-8H,9H2,1-2H3/b21-16-. The molecule has 0 radical (unpaired) electrons. The second-order valence-electron chi connectivity index (χ2n) is 4.91. The zero-order chi connectivity index (χ0) is 17.1. The third-order valence-corrected chi connectivity index (χ3v) is 3.96. The molecule has 0 amide bonds. The topological polar surface area (TPSA) is 61.5 Å². The maximum Gasteiger partial charge on any atom is 0.179 e. The van der Waals surface area contributed by atoms with Crippen molar-refractivity contribution in [3.05, 3.63) is 52.9 Å². The largest absolute Gasteiger partial charge is 0.398 e. The van der Waals surface area contributed by atoms with Crippen LogP contribution in [0.3, 0.4) is 0 Å². The Morgan fingerprint density at radius 3 is 2.88 bits per heavy atom. The number of aromatic nitrogens is 3. The second kappa shape index (κ2) is 7.17. The van der Waals surface area contributed by atoms with E-state index in [-0.39, 0.29) is 5.17 Å². The highest BCUT2D eigenvalue weighted by Gasteiger charge is 2.18. The third kappa shape index (κ3) is 3.08. The van der Waals surface area contributed by atoms with Gasteiger partial charge in [-0.05, 0) is 24.3 Å². The van der Waals surface area contributed by atoms with Crippen LogP contribution >= 0.6 is 23.2 Å². The SMILES string of the molecule is COCc1c(/C(Cl)=N/OC)cnn1-c1ccnc2cc(Cl)ccc12. The van der Waals surface area contributed by atoms with Gasteiger partial charge >= 0.3 is 0 Å². The molecule has 3 aromatic rings. The van der Waals surface area contributed by atoms with Gasteiger partial charge in [0.2, 0.25) is 0 Å². The lowest BCUT2D eigenvalue weighted by Crippen LogP contribution is -2.07. The first kappa shape index (κ1) is 16.7. The number of methoxy groups -OCH3 is 1. The van der Waals surface area contributed by atoms with Crippen LogP contribution in [0.25, 0.3) is 16.6 Å². The van der Waals surface area contributed by atoms with Crippen LogP contribution in [-0.4, -0.2) is 34.2 Å². The molecule has 0 aliphatic carbocycles. The Labute approximate surface area is 148 Å². The van der Waals surface area contributed by atoms with E-state index in [1.54, 1.807) is 30.3 Å². The predicted molar refractivity (Wildman–Crippen MR) is 94.0 cm³/mol. The first-order valence-corrected chi connectivity index (χ1v) is 7.78. The van der Waals surface area contributed by atoms with Crippen molar-refractivity contribution in [2.24, 2.45) is 5.16 Å². The molecule has 0 bridgehead atoms. The lowest BCUT2D eigenvalue weighted by Gasteiger charge is -2.11. The summed E-state index contributed by atoms with van der Waals surface area (Å²) < 4.78 is 7.05. The summed E-state index contributed by atoms with van der Waals surface area (Å²) in [5.41, 5.74) is 3.01. The van der Waals surface area contributed by atoms with Crippen molar-refractivity contribution in [3.8, 4) is 5.69 Å². The maximum atomic E-state index is 6.17.